The van der Waals surface area contributed by atoms with Crippen molar-refractivity contribution in [3.63, 3.8) is 0 Å². The SMILES string of the molecule is Oc1cc2c(cc1C[NH+]1CCN(c3cccc(Cl)c3)CC1)OCO2. The summed E-state index contributed by atoms with van der Waals surface area (Å²) in [6.45, 7) is 4.98. The lowest BCUT2D eigenvalue weighted by atomic mass is 10.1. The molecule has 0 spiro atoms. The third-order valence-electron chi connectivity index (χ3n) is 4.66. The van der Waals surface area contributed by atoms with Gasteiger partial charge in [0, 0.05) is 16.8 Å². The average molecular weight is 348 g/mol. The zero-order valence-electron chi connectivity index (χ0n) is 13.3. The molecule has 5 nitrogen and oxygen atoms in total. The first-order chi connectivity index (χ1) is 11.7. The normalized spacial score (nSPS) is 17.3. The summed E-state index contributed by atoms with van der Waals surface area (Å²) in [5.41, 5.74) is 2.08. The number of quaternary nitrogens is 1. The molecule has 0 atom stereocenters. The third-order valence-corrected chi connectivity index (χ3v) is 4.89. The number of nitrogens with zero attached hydrogens (tertiary/aromatic N) is 1. The van der Waals surface area contributed by atoms with E-state index in [0.717, 1.165) is 49.1 Å². The fourth-order valence-corrected chi connectivity index (χ4v) is 3.50. The summed E-state index contributed by atoms with van der Waals surface area (Å²) < 4.78 is 10.7. The lowest BCUT2D eigenvalue weighted by Crippen LogP contribution is -3.13. The Hall–Kier alpha value is -2.11. The second kappa shape index (κ2) is 6.42. The van der Waals surface area contributed by atoms with Gasteiger partial charge in [-0.1, -0.05) is 17.7 Å². The van der Waals surface area contributed by atoms with E-state index in [2.05, 4.69) is 11.0 Å². The molecule has 0 radical (unpaired) electrons. The smallest absolute Gasteiger partial charge is 0.231 e. The summed E-state index contributed by atoms with van der Waals surface area (Å²) in [6, 6.07) is 11.5. The maximum Gasteiger partial charge on any atom is 0.231 e. The van der Waals surface area contributed by atoms with Gasteiger partial charge in [0.05, 0.1) is 31.7 Å². The van der Waals surface area contributed by atoms with Crippen molar-refractivity contribution in [2.45, 2.75) is 6.54 Å². The summed E-state index contributed by atoms with van der Waals surface area (Å²) in [6.07, 6.45) is 0. The van der Waals surface area contributed by atoms with E-state index in [4.69, 9.17) is 21.1 Å². The van der Waals surface area contributed by atoms with E-state index in [1.165, 1.54) is 10.6 Å². The van der Waals surface area contributed by atoms with Crippen molar-refractivity contribution in [1.29, 1.82) is 0 Å². The molecule has 0 unspecified atom stereocenters. The Morgan fingerprint density at radius 2 is 1.83 bits per heavy atom. The van der Waals surface area contributed by atoms with Gasteiger partial charge in [-0.3, -0.25) is 0 Å². The van der Waals surface area contributed by atoms with Crippen LogP contribution in [0.25, 0.3) is 0 Å². The maximum absolute atomic E-state index is 10.2. The number of anilines is 1. The number of piperazine rings is 1. The summed E-state index contributed by atoms with van der Waals surface area (Å²) in [4.78, 5) is 3.80. The molecule has 24 heavy (non-hydrogen) atoms. The van der Waals surface area contributed by atoms with Crippen molar-refractivity contribution < 1.29 is 19.5 Å². The Morgan fingerprint density at radius 3 is 2.58 bits per heavy atom. The minimum Gasteiger partial charge on any atom is -0.507 e. The highest BCUT2D eigenvalue weighted by Gasteiger charge is 2.23. The Morgan fingerprint density at radius 1 is 1.08 bits per heavy atom. The number of ether oxygens (including phenoxy) is 2. The molecule has 2 heterocycles. The molecular formula is C18H20ClN2O3+. The molecule has 0 aliphatic carbocycles. The lowest BCUT2D eigenvalue weighted by Gasteiger charge is -2.33. The molecule has 2 N–H and O–H groups in total. The molecule has 126 valence electrons. The van der Waals surface area contributed by atoms with E-state index in [1.807, 2.05) is 24.3 Å². The number of phenols is 1. The summed E-state index contributed by atoms with van der Waals surface area (Å²) in [5.74, 6) is 1.63. The number of hydrogen-bond acceptors (Lipinski definition) is 4. The third kappa shape index (κ3) is 3.09. The highest BCUT2D eigenvalue weighted by Crippen LogP contribution is 2.37. The summed E-state index contributed by atoms with van der Waals surface area (Å²) >= 11 is 6.08. The van der Waals surface area contributed by atoms with Crippen LogP contribution < -0.4 is 19.3 Å². The van der Waals surface area contributed by atoms with Crippen molar-refractivity contribution in [3.8, 4) is 17.2 Å². The highest BCUT2D eigenvalue weighted by molar-refractivity contribution is 6.30. The number of hydrogen-bond donors (Lipinski definition) is 2. The van der Waals surface area contributed by atoms with Crippen molar-refractivity contribution >= 4 is 17.3 Å². The van der Waals surface area contributed by atoms with Gasteiger partial charge in [-0.2, -0.15) is 0 Å². The van der Waals surface area contributed by atoms with Crippen LogP contribution in [0, 0.1) is 0 Å². The molecular weight excluding hydrogens is 328 g/mol. The van der Waals surface area contributed by atoms with Crippen LogP contribution >= 0.6 is 11.6 Å². The fourth-order valence-electron chi connectivity index (χ4n) is 3.32. The number of aromatic hydroxyl groups is 1. The van der Waals surface area contributed by atoms with Gasteiger partial charge < -0.3 is 24.4 Å². The van der Waals surface area contributed by atoms with Gasteiger partial charge in [0.2, 0.25) is 6.79 Å². The molecule has 0 saturated carbocycles. The summed E-state index contributed by atoms with van der Waals surface area (Å²) in [7, 11) is 0. The van der Waals surface area contributed by atoms with E-state index < -0.39 is 0 Å². The zero-order valence-corrected chi connectivity index (χ0v) is 14.1. The number of phenolic OH excluding ortho intramolecular Hbond substituents is 1. The van der Waals surface area contributed by atoms with Gasteiger partial charge >= 0.3 is 0 Å². The first kappa shape index (κ1) is 15.4. The molecule has 2 aromatic carbocycles. The van der Waals surface area contributed by atoms with Crippen LogP contribution in [-0.4, -0.2) is 38.1 Å². The molecule has 4 rings (SSSR count). The molecule has 0 aromatic heterocycles. The zero-order chi connectivity index (χ0) is 16.5. The van der Waals surface area contributed by atoms with E-state index in [-0.39, 0.29) is 12.5 Å². The largest absolute Gasteiger partial charge is 0.507 e. The molecule has 2 aliphatic heterocycles. The van der Waals surface area contributed by atoms with Crippen molar-refractivity contribution in [3.05, 3.63) is 47.0 Å². The lowest BCUT2D eigenvalue weighted by molar-refractivity contribution is -0.914. The van der Waals surface area contributed by atoms with Crippen LogP contribution in [0.15, 0.2) is 36.4 Å². The second-order valence-corrected chi connectivity index (χ2v) is 6.66. The van der Waals surface area contributed by atoms with E-state index in [9.17, 15) is 5.11 Å². The van der Waals surface area contributed by atoms with E-state index >= 15 is 0 Å². The molecule has 6 heteroatoms. The van der Waals surface area contributed by atoms with Gasteiger partial charge in [-0.05, 0) is 24.3 Å². The molecule has 1 saturated heterocycles. The van der Waals surface area contributed by atoms with Gasteiger partial charge in [0.25, 0.3) is 0 Å². The topological polar surface area (TPSA) is 46.4 Å². The average Bonchev–Trinajstić information content (AvgIpc) is 3.03. The fraction of sp³-hybridized carbons (Fsp3) is 0.333. The van der Waals surface area contributed by atoms with Gasteiger partial charge in [-0.15, -0.1) is 0 Å². The van der Waals surface area contributed by atoms with Gasteiger partial charge in [0.15, 0.2) is 11.5 Å². The Kier molecular flexibility index (Phi) is 4.12. The second-order valence-electron chi connectivity index (χ2n) is 6.23. The number of fused-ring (bicyclic) bond motifs is 1. The standard InChI is InChI=1S/C18H19ClN2O3/c19-14-2-1-3-15(9-14)21-6-4-20(5-7-21)11-13-8-17-18(10-16(13)22)24-12-23-17/h1-3,8-10,22H,4-7,11-12H2/p+1. The Balaban J connectivity index is 1.40. The predicted octanol–water partition coefficient (Wildman–Crippen LogP) is 1.68. The van der Waals surface area contributed by atoms with E-state index in [1.54, 1.807) is 6.07 Å². The van der Waals surface area contributed by atoms with Crippen LogP contribution in [-0.2, 0) is 6.54 Å². The summed E-state index contributed by atoms with van der Waals surface area (Å²) in [5, 5.41) is 11.0. The minimum absolute atomic E-state index is 0.226. The van der Waals surface area contributed by atoms with Crippen LogP contribution in [0.5, 0.6) is 17.2 Å². The van der Waals surface area contributed by atoms with Gasteiger partial charge in [0.1, 0.15) is 12.3 Å². The van der Waals surface area contributed by atoms with Crippen LogP contribution in [0.3, 0.4) is 0 Å². The van der Waals surface area contributed by atoms with Crippen LogP contribution in [0.1, 0.15) is 5.56 Å². The number of benzene rings is 2. The predicted molar refractivity (Wildman–Crippen MR) is 92.3 cm³/mol. The Bertz CT molecular complexity index is 745. The van der Waals surface area contributed by atoms with Crippen molar-refractivity contribution in [2.24, 2.45) is 0 Å². The molecule has 1 fully saturated rings. The number of nitrogens with one attached hydrogen (secondary N) is 1. The molecule has 2 aliphatic rings. The molecule has 0 amide bonds. The molecule has 0 bridgehead atoms. The highest BCUT2D eigenvalue weighted by atomic mass is 35.5. The Labute approximate surface area is 146 Å². The molecule has 2 aromatic rings. The number of halogens is 1. The van der Waals surface area contributed by atoms with Crippen molar-refractivity contribution in [2.75, 3.05) is 37.9 Å². The van der Waals surface area contributed by atoms with Crippen LogP contribution in [0.4, 0.5) is 5.69 Å². The quantitative estimate of drug-likeness (QED) is 0.887. The monoisotopic (exact) mass is 347 g/mol. The first-order valence-corrected chi connectivity index (χ1v) is 8.52. The van der Waals surface area contributed by atoms with E-state index in [0.29, 0.717) is 5.75 Å². The maximum atomic E-state index is 10.2. The number of rotatable bonds is 3. The van der Waals surface area contributed by atoms with Crippen molar-refractivity contribution in [1.82, 2.24) is 0 Å². The first-order valence-electron chi connectivity index (χ1n) is 8.14. The van der Waals surface area contributed by atoms with Gasteiger partial charge in [-0.25, -0.2) is 0 Å². The minimum atomic E-state index is 0.226. The van der Waals surface area contributed by atoms with Crippen LogP contribution in [0.2, 0.25) is 5.02 Å².